The third-order valence-corrected chi connectivity index (χ3v) is 6.87. The zero-order chi connectivity index (χ0) is 16.9. The van der Waals surface area contributed by atoms with Crippen LogP contribution >= 0.6 is 0 Å². The molecule has 0 spiro atoms. The van der Waals surface area contributed by atoms with Crippen molar-refractivity contribution in [3.63, 3.8) is 0 Å². The van der Waals surface area contributed by atoms with E-state index in [2.05, 4.69) is 0 Å². The predicted octanol–water partition coefficient (Wildman–Crippen LogP) is 2.40. The molecule has 2 atom stereocenters. The number of rotatable bonds is 2. The van der Waals surface area contributed by atoms with Crippen LogP contribution in [0.15, 0.2) is 70.5 Å². The Morgan fingerprint density at radius 1 is 0.583 bits per heavy atom. The van der Waals surface area contributed by atoms with Gasteiger partial charge in [0, 0.05) is 0 Å². The van der Waals surface area contributed by atoms with Crippen LogP contribution < -0.4 is 0 Å². The minimum Gasteiger partial charge on any atom is -0.253 e. The Morgan fingerprint density at radius 3 is 1.25 bits per heavy atom. The average Bonchev–Trinajstić information content (AvgIpc) is 3.02. The first kappa shape index (κ1) is 15.5. The zero-order valence-electron chi connectivity index (χ0n) is 12.2. The molecule has 0 aromatic heterocycles. The van der Waals surface area contributed by atoms with Crippen molar-refractivity contribution in [1.29, 1.82) is 0 Å². The molecule has 2 unspecified atom stereocenters. The minimum absolute atomic E-state index is 0.331. The Kier molecular flexibility index (Phi) is 3.40. The second-order valence-corrected chi connectivity index (χ2v) is 8.49. The fourth-order valence-corrected chi connectivity index (χ4v) is 6.34. The van der Waals surface area contributed by atoms with Crippen molar-refractivity contribution in [2.24, 2.45) is 0 Å². The Balaban J connectivity index is 1.94. The second-order valence-electron chi connectivity index (χ2n) is 5.41. The van der Waals surface area contributed by atoms with E-state index in [1.807, 2.05) is 0 Å². The summed E-state index contributed by atoms with van der Waals surface area (Å²) in [5.74, 6) is 0. The fourth-order valence-electron chi connectivity index (χ4n) is 2.88. The second kappa shape index (κ2) is 5.25. The van der Waals surface area contributed by atoms with Crippen molar-refractivity contribution < 1.29 is 25.2 Å². The van der Waals surface area contributed by atoms with Gasteiger partial charge in [-0.2, -0.15) is 16.8 Å². The van der Waals surface area contributed by atoms with Gasteiger partial charge in [0.25, 0.3) is 20.2 Å². The Labute approximate surface area is 139 Å². The molecule has 2 heterocycles. The van der Waals surface area contributed by atoms with Gasteiger partial charge in [-0.15, -0.1) is 0 Å². The highest BCUT2D eigenvalue weighted by Gasteiger charge is 2.55. The van der Waals surface area contributed by atoms with Gasteiger partial charge < -0.3 is 0 Å². The van der Waals surface area contributed by atoms with Crippen LogP contribution in [0.5, 0.6) is 0 Å². The summed E-state index contributed by atoms with van der Waals surface area (Å²) < 4.78 is 60.2. The highest BCUT2D eigenvalue weighted by Crippen LogP contribution is 2.53. The highest BCUT2D eigenvalue weighted by molar-refractivity contribution is 7.96. The van der Waals surface area contributed by atoms with E-state index in [0.717, 1.165) is 0 Å². The van der Waals surface area contributed by atoms with Crippen molar-refractivity contribution in [2.45, 2.75) is 12.2 Å². The highest BCUT2D eigenvalue weighted by atomic mass is 32.2. The summed E-state index contributed by atoms with van der Waals surface area (Å²) in [6.45, 7) is 0. The van der Waals surface area contributed by atoms with Gasteiger partial charge in [0.05, 0.1) is 0 Å². The number of hydrogen-bond acceptors (Lipinski definition) is 6. The molecule has 2 aliphatic heterocycles. The fraction of sp³-hybridized carbons (Fsp3) is 0.125. The van der Waals surface area contributed by atoms with E-state index in [9.17, 15) is 16.8 Å². The van der Waals surface area contributed by atoms with Crippen LogP contribution in [-0.4, -0.2) is 16.8 Å². The van der Waals surface area contributed by atoms with E-state index in [0.29, 0.717) is 11.1 Å². The van der Waals surface area contributed by atoms with E-state index < -0.39 is 32.4 Å². The molecule has 2 aliphatic rings. The van der Waals surface area contributed by atoms with Crippen molar-refractivity contribution in [2.75, 3.05) is 0 Å². The molecule has 0 bridgehead atoms. The maximum atomic E-state index is 12.5. The van der Waals surface area contributed by atoms with Crippen LogP contribution in [-0.2, 0) is 28.6 Å². The standard InChI is InChI=1S/C16H12O6S2/c17-23(18)15-13(11-7-3-1-4-8-11)21-24(19,20)16(15)14(22-23)12-9-5-2-6-10-12/h1-10,13-14H. The van der Waals surface area contributed by atoms with Crippen molar-refractivity contribution in [3.05, 3.63) is 81.6 Å². The zero-order valence-corrected chi connectivity index (χ0v) is 13.8. The van der Waals surface area contributed by atoms with E-state index in [1.54, 1.807) is 60.7 Å². The van der Waals surface area contributed by atoms with Crippen LogP contribution in [0.4, 0.5) is 0 Å². The molecule has 6 nitrogen and oxygen atoms in total. The van der Waals surface area contributed by atoms with Gasteiger partial charge in [0.1, 0.15) is 22.0 Å². The first-order valence-electron chi connectivity index (χ1n) is 7.11. The molecule has 124 valence electrons. The summed E-state index contributed by atoms with van der Waals surface area (Å²) >= 11 is 0. The van der Waals surface area contributed by atoms with Crippen LogP contribution in [0.2, 0.25) is 0 Å². The summed E-state index contributed by atoms with van der Waals surface area (Å²) in [6.07, 6.45) is -2.44. The summed E-state index contributed by atoms with van der Waals surface area (Å²) in [7, 11) is -8.43. The molecular formula is C16H12O6S2. The first-order valence-corrected chi connectivity index (χ1v) is 9.92. The molecule has 8 heteroatoms. The molecule has 2 aromatic carbocycles. The largest absolute Gasteiger partial charge is 0.298 e. The Morgan fingerprint density at radius 2 is 0.917 bits per heavy atom. The topological polar surface area (TPSA) is 86.7 Å². The molecule has 0 amide bonds. The molecule has 24 heavy (non-hydrogen) atoms. The maximum Gasteiger partial charge on any atom is 0.298 e. The molecule has 0 fully saturated rings. The normalized spacial score (nSPS) is 27.2. The van der Waals surface area contributed by atoms with E-state index >= 15 is 0 Å². The monoisotopic (exact) mass is 364 g/mol. The van der Waals surface area contributed by atoms with Crippen molar-refractivity contribution >= 4 is 20.2 Å². The average molecular weight is 364 g/mol. The lowest BCUT2D eigenvalue weighted by Gasteiger charge is -2.15. The molecule has 0 aliphatic carbocycles. The molecule has 0 N–H and O–H groups in total. The Bertz CT molecular complexity index is 939. The van der Waals surface area contributed by atoms with Crippen LogP contribution in [0, 0.1) is 0 Å². The summed E-state index contributed by atoms with van der Waals surface area (Å²) in [4.78, 5) is -0.662. The quantitative estimate of drug-likeness (QED) is 0.761. The molecule has 2 aromatic rings. The van der Waals surface area contributed by atoms with Crippen LogP contribution in [0.3, 0.4) is 0 Å². The van der Waals surface area contributed by atoms with Crippen molar-refractivity contribution in [3.8, 4) is 0 Å². The number of hydrogen-bond donors (Lipinski definition) is 0. The summed E-state index contributed by atoms with van der Waals surface area (Å²) in [5.41, 5.74) is 0.874. The lowest BCUT2D eigenvalue weighted by Crippen LogP contribution is -2.15. The molecule has 0 saturated heterocycles. The van der Waals surface area contributed by atoms with Gasteiger partial charge in [0.2, 0.25) is 0 Å². The van der Waals surface area contributed by atoms with Crippen LogP contribution in [0.1, 0.15) is 23.3 Å². The van der Waals surface area contributed by atoms with Crippen molar-refractivity contribution in [1.82, 2.24) is 0 Å². The Hall–Kier alpha value is -2.00. The first-order chi connectivity index (χ1) is 11.4. The lowest BCUT2D eigenvalue weighted by atomic mass is 10.1. The van der Waals surface area contributed by atoms with Gasteiger partial charge in [-0.25, -0.2) is 0 Å². The SMILES string of the molecule is O=S1(=O)OC(c2ccccc2)C2=C1C(c1ccccc1)OS2(=O)=O. The van der Waals surface area contributed by atoms with Gasteiger partial charge in [-0.3, -0.25) is 8.37 Å². The smallest absolute Gasteiger partial charge is 0.253 e. The third-order valence-electron chi connectivity index (χ3n) is 3.91. The van der Waals surface area contributed by atoms with Crippen LogP contribution in [0.25, 0.3) is 0 Å². The summed E-state index contributed by atoms with van der Waals surface area (Å²) in [5, 5.41) is 0. The molecule has 0 saturated carbocycles. The lowest BCUT2D eigenvalue weighted by molar-refractivity contribution is 0.245. The van der Waals surface area contributed by atoms with E-state index in [-0.39, 0.29) is 9.81 Å². The van der Waals surface area contributed by atoms with Gasteiger partial charge in [0.15, 0.2) is 0 Å². The van der Waals surface area contributed by atoms with Gasteiger partial charge in [-0.1, -0.05) is 60.7 Å². The third kappa shape index (κ3) is 2.30. The number of benzene rings is 2. The molecular weight excluding hydrogens is 352 g/mol. The van der Waals surface area contributed by atoms with E-state index in [4.69, 9.17) is 8.37 Å². The van der Waals surface area contributed by atoms with E-state index in [1.165, 1.54) is 0 Å². The summed E-state index contributed by atoms with van der Waals surface area (Å²) in [6, 6.07) is 16.7. The van der Waals surface area contributed by atoms with Gasteiger partial charge in [-0.05, 0) is 11.1 Å². The molecule has 0 radical (unpaired) electrons. The molecule has 4 rings (SSSR count). The predicted molar refractivity (Wildman–Crippen MR) is 85.4 cm³/mol. The van der Waals surface area contributed by atoms with Gasteiger partial charge >= 0.3 is 0 Å². The maximum absolute atomic E-state index is 12.5. The minimum atomic E-state index is -4.21.